The van der Waals surface area contributed by atoms with Gasteiger partial charge in [-0.1, -0.05) is 54.9 Å². The molecule has 0 heterocycles. The first-order valence-corrected chi connectivity index (χ1v) is 8.24. The van der Waals surface area contributed by atoms with Crippen molar-refractivity contribution in [2.45, 2.75) is 40.0 Å². The molecule has 2 aromatic rings. The molecule has 0 spiro atoms. The fourth-order valence-corrected chi connectivity index (χ4v) is 3.38. The number of rotatable bonds is 3. The average Bonchev–Trinajstić information content (AvgIpc) is 2.79. The molecule has 4 heteroatoms. The van der Waals surface area contributed by atoms with E-state index in [2.05, 4.69) is 49.0 Å². The minimum atomic E-state index is -0.548. The Morgan fingerprint density at radius 3 is 2.20 bits per heavy atom. The maximum atomic E-state index is 12.6. The van der Waals surface area contributed by atoms with Crippen molar-refractivity contribution in [2.24, 2.45) is 5.16 Å². The van der Waals surface area contributed by atoms with Gasteiger partial charge in [-0.2, -0.15) is 0 Å². The van der Waals surface area contributed by atoms with Gasteiger partial charge in [0.05, 0.1) is 0 Å². The van der Waals surface area contributed by atoms with Gasteiger partial charge in [-0.05, 0) is 42.2 Å². The molecule has 1 aliphatic rings. The average molecular weight is 335 g/mol. The van der Waals surface area contributed by atoms with Crippen LogP contribution in [0, 0.1) is 6.92 Å². The molecule has 0 saturated heterocycles. The van der Waals surface area contributed by atoms with E-state index in [1.54, 1.807) is 13.0 Å². The molecule has 0 amide bonds. The van der Waals surface area contributed by atoms with E-state index in [-0.39, 0.29) is 16.9 Å². The monoisotopic (exact) mass is 335 g/mol. The summed E-state index contributed by atoms with van der Waals surface area (Å²) in [6.07, 6.45) is 0. The molecule has 0 fully saturated rings. The van der Waals surface area contributed by atoms with E-state index < -0.39 is 5.97 Å². The van der Waals surface area contributed by atoms with Crippen molar-refractivity contribution in [1.82, 2.24) is 0 Å². The van der Waals surface area contributed by atoms with Crippen LogP contribution in [0.3, 0.4) is 0 Å². The molecular weight excluding hydrogens is 314 g/mol. The van der Waals surface area contributed by atoms with Crippen LogP contribution in [0.1, 0.15) is 54.7 Å². The Morgan fingerprint density at radius 2 is 1.56 bits per heavy atom. The second kappa shape index (κ2) is 5.96. The molecule has 4 nitrogen and oxygen atoms in total. The van der Waals surface area contributed by atoms with E-state index in [1.165, 1.54) is 23.6 Å². The topological polar surface area (TPSA) is 55.7 Å². The zero-order chi connectivity index (χ0) is 18.4. The summed E-state index contributed by atoms with van der Waals surface area (Å²) >= 11 is 0. The van der Waals surface area contributed by atoms with Crippen molar-refractivity contribution in [1.29, 1.82) is 0 Å². The van der Waals surface area contributed by atoms with Crippen molar-refractivity contribution in [3.05, 3.63) is 58.7 Å². The fraction of sp³-hybridized carbons (Fsp3) is 0.286. The lowest BCUT2D eigenvalue weighted by molar-refractivity contribution is -0.140. The first-order valence-electron chi connectivity index (χ1n) is 8.24. The molecule has 0 aliphatic heterocycles. The van der Waals surface area contributed by atoms with E-state index in [0.717, 1.165) is 11.1 Å². The summed E-state index contributed by atoms with van der Waals surface area (Å²) in [7, 11) is 0. The molecule has 1 aliphatic carbocycles. The Balaban J connectivity index is 2.04. The van der Waals surface area contributed by atoms with Crippen molar-refractivity contribution in [3.63, 3.8) is 0 Å². The number of oxime groups is 1. The van der Waals surface area contributed by atoms with Crippen LogP contribution in [-0.2, 0) is 15.0 Å². The number of benzene rings is 2. The van der Waals surface area contributed by atoms with Crippen LogP contribution in [0.25, 0.3) is 11.1 Å². The minimum Gasteiger partial charge on any atom is -0.318 e. The van der Waals surface area contributed by atoms with E-state index in [9.17, 15) is 9.59 Å². The third-order valence-electron chi connectivity index (χ3n) is 4.73. The van der Waals surface area contributed by atoms with Crippen molar-refractivity contribution in [2.75, 3.05) is 0 Å². The molecule has 0 aromatic heterocycles. The quantitative estimate of drug-likeness (QED) is 0.361. The van der Waals surface area contributed by atoms with Gasteiger partial charge < -0.3 is 4.84 Å². The standard InChI is InChI=1S/C21H21NO3/c1-12-6-8-16-17-9-7-15(20(24)13(2)22-25-14(3)23)11-19(17)21(4,5)18(16)10-12/h6-11H,1-5H3/b22-13+. The van der Waals surface area contributed by atoms with Gasteiger partial charge in [0.2, 0.25) is 5.78 Å². The highest BCUT2D eigenvalue weighted by molar-refractivity contribution is 6.45. The second-order valence-electron chi connectivity index (χ2n) is 7.02. The van der Waals surface area contributed by atoms with Gasteiger partial charge in [0.25, 0.3) is 0 Å². The molecule has 2 aromatic carbocycles. The van der Waals surface area contributed by atoms with Crippen molar-refractivity contribution >= 4 is 17.5 Å². The highest BCUT2D eigenvalue weighted by atomic mass is 16.7. The molecule has 3 rings (SSSR count). The number of aryl methyl sites for hydroxylation is 1. The Kier molecular flexibility index (Phi) is 4.07. The minimum absolute atomic E-state index is 0.152. The van der Waals surface area contributed by atoms with E-state index in [4.69, 9.17) is 0 Å². The molecule has 0 unspecified atom stereocenters. The molecule has 0 atom stereocenters. The van der Waals surface area contributed by atoms with Crippen LogP contribution in [0.2, 0.25) is 0 Å². The number of Topliss-reactive ketones (excluding diaryl/α,β-unsaturated/α-hetero) is 1. The Morgan fingerprint density at radius 1 is 0.960 bits per heavy atom. The maximum absolute atomic E-state index is 12.6. The third kappa shape index (κ3) is 2.88. The number of carbonyl (C=O) groups is 2. The van der Waals surface area contributed by atoms with Gasteiger partial charge in [0.1, 0.15) is 5.71 Å². The van der Waals surface area contributed by atoms with Gasteiger partial charge in [0, 0.05) is 17.9 Å². The van der Waals surface area contributed by atoms with Crippen LogP contribution >= 0.6 is 0 Å². The lowest BCUT2D eigenvalue weighted by Crippen LogP contribution is -2.17. The summed E-state index contributed by atoms with van der Waals surface area (Å²) in [4.78, 5) is 28.0. The first kappa shape index (κ1) is 17.1. The van der Waals surface area contributed by atoms with Gasteiger partial charge in [0.15, 0.2) is 0 Å². The first-order chi connectivity index (χ1) is 11.7. The summed E-state index contributed by atoms with van der Waals surface area (Å²) in [5, 5.41) is 3.60. The third-order valence-corrected chi connectivity index (χ3v) is 4.73. The summed E-state index contributed by atoms with van der Waals surface area (Å²) in [6.45, 7) is 9.22. The highest BCUT2D eigenvalue weighted by Gasteiger charge is 2.35. The van der Waals surface area contributed by atoms with E-state index >= 15 is 0 Å². The summed E-state index contributed by atoms with van der Waals surface area (Å²) in [5.41, 5.74) is 6.52. The molecule has 0 saturated carbocycles. The Labute approximate surface area is 147 Å². The summed E-state index contributed by atoms with van der Waals surface area (Å²) < 4.78 is 0. The Hall–Kier alpha value is -2.75. The van der Waals surface area contributed by atoms with E-state index in [1.807, 2.05) is 12.1 Å². The predicted molar refractivity (Wildman–Crippen MR) is 97.9 cm³/mol. The van der Waals surface area contributed by atoms with Crippen LogP contribution in [-0.4, -0.2) is 17.5 Å². The van der Waals surface area contributed by atoms with Gasteiger partial charge in [-0.3, -0.25) is 4.79 Å². The maximum Gasteiger partial charge on any atom is 0.331 e. The predicted octanol–water partition coefficient (Wildman–Crippen LogP) is 4.42. The number of carbonyl (C=O) groups excluding carboxylic acids is 2. The zero-order valence-corrected chi connectivity index (χ0v) is 15.1. The van der Waals surface area contributed by atoms with Crippen LogP contribution in [0.5, 0.6) is 0 Å². The summed E-state index contributed by atoms with van der Waals surface area (Å²) in [5.74, 6) is -0.792. The van der Waals surface area contributed by atoms with Gasteiger partial charge in [-0.25, -0.2) is 4.79 Å². The lowest BCUT2D eigenvalue weighted by atomic mass is 9.81. The zero-order valence-electron chi connectivity index (χ0n) is 15.1. The SMILES string of the molecule is CC(=O)O/N=C(\C)C(=O)c1ccc2c(c1)C(C)(C)c1cc(C)ccc1-2. The summed E-state index contributed by atoms with van der Waals surface area (Å²) in [6, 6.07) is 12.2. The molecule has 0 radical (unpaired) electrons. The lowest BCUT2D eigenvalue weighted by Gasteiger charge is -2.22. The van der Waals surface area contributed by atoms with E-state index in [0.29, 0.717) is 5.56 Å². The molecule has 25 heavy (non-hydrogen) atoms. The number of hydrogen-bond donors (Lipinski definition) is 0. The largest absolute Gasteiger partial charge is 0.331 e. The molecule has 0 bridgehead atoms. The normalized spacial score (nSPS) is 14.7. The van der Waals surface area contributed by atoms with Gasteiger partial charge in [-0.15, -0.1) is 0 Å². The number of nitrogens with zero attached hydrogens (tertiary/aromatic N) is 1. The van der Waals surface area contributed by atoms with Crippen molar-refractivity contribution < 1.29 is 14.4 Å². The second-order valence-corrected chi connectivity index (χ2v) is 7.02. The smallest absolute Gasteiger partial charge is 0.318 e. The number of ketones is 1. The fourth-order valence-electron chi connectivity index (χ4n) is 3.38. The highest BCUT2D eigenvalue weighted by Crippen LogP contribution is 2.49. The number of fused-ring (bicyclic) bond motifs is 3. The van der Waals surface area contributed by atoms with Crippen LogP contribution in [0.15, 0.2) is 41.6 Å². The van der Waals surface area contributed by atoms with Crippen LogP contribution in [0.4, 0.5) is 0 Å². The molecular formula is C21H21NO3. The van der Waals surface area contributed by atoms with Crippen molar-refractivity contribution in [3.8, 4) is 11.1 Å². The van der Waals surface area contributed by atoms with Gasteiger partial charge >= 0.3 is 5.97 Å². The van der Waals surface area contributed by atoms with Crippen LogP contribution < -0.4 is 0 Å². The molecule has 128 valence electrons. The molecule has 0 N–H and O–H groups in total. The number of hydrogen-bond acceptors (Lipinski definition) is 4. The Bertz CT molecular complexity index is 923.